The summed E-state index contributed by atoms with van der Waals surface area (Å²) >= 11 is 0. The lowest BCUT2D eigenvalue weighted by Gasteiger charge is -2.10. The van der Waals surface area contributed by atoms with Gasteiger partial charge in [-0.25, -0.2) is 4.79 Å². The fourth-order valence-electron chi connectivity index (χ4n) is 1.13. The molecule has 1 atom stereocenters. The van der Waals surface area contributed by atoms with Gasteiger partial charge >= 0.3 is 5.97 Å². The molecule has 0 bridgehead atoms. The van der Waals surface area contributed by atoms with Crippen LogP contribution in [0.15, 0.2) is 24.3 Å². The van der Waals surface area contributed by atoms with E-state index >= 15 is 0 Å². The maximum Gasteiger partial charge on any atom is 0.339 e. The number of methoxy groups -OCH3 is 1. The Balaban J connectivity index is 2.95. The predicted molar refractivity (Wildman–Crippen MR) is 60.1 cm³/mol. The molecule has 16 heavy (non-hydrogen) atoms. The molecule has 0 aromatic heterocycles. The number of ether oxygens (including phenoxy) is 1. The maximum absolute atomic E-state index is 11.4. The third kappa shape index (κ3) is 2.80. The first-order valence-corrected chi connectivity index (χ1v) is 4.80. The van der Waals surface area contributed by atoms with Crippen LogP contribution in [-0.4, -0.2) is 25.0 Å². The lowest BCUT2D eigenvalue weighted by molar-refractivity contribution is -0.117. The van der Waals surface area contributed by atoms with Gasteiger partial charge in [0.05, 0.1) is 24.4 Å². The number of benzene rings is 1. The van der Waals surface area contributed by atoms with E-state index in [4.69, 9.17) is 5.73 Å². The first-order valence-electron chi connectivity index (χ1n) is 4.80. The van der Waals surface area contributed by atoms with Crippen LogP contribution in [0.2, 0.25) is 0 Å². The van der Waals surface area contributed by atoms with Crippen LogP contribution < -0.4 is 11.1 Å². The number of para-hydroxylation sites is 1. The van der Waals surface area contributed by atoms with Gasteiger partial charge in [-0.1, -0.05) is 12.1 Å². The molecule has 3 N–H and O–H groups in total. The van der Waals surface area contributed by atoms with Gasteiger partial charge in [-0.3, -0.25) is 4.79 Å². The summed E-state index contributed by atoms with van der Waals surface area (Å²) in [4.78, 5) is 22.8. The zero-order valence-electron chi connectivity index (χ0n) is 9.19. The van der Waals surface area contributed by atoms with Crippen LogP contribution in [0, 0.1) is 0 Å². The first-order chi connectivity index (χ1) is 7.56. The number of nitrogens with one attached hydrogen (secondary N) is 1. The second-order valence-corrected chi connectivity index (χ2v) is 3.32. The summed E-state index contributed by atoms with van der Waals surface area (Å²) in [7, 11) is 1.28. The Hall–Kier alpha value is -1.88. The molecular formula is C11H14N2O3. The van der Waals surface area contributed by atoms with Gasteiger partial charge < -0.3 is 15.8 Å². The Morgan fingerprint density at radius 1 is 1.38 bits per heavy atom. The molecule has 1 aromatic rings. The third-order valence-electron chi connectivity index (χ3n) is 2.00. The van der Waals surface area contributed by atoms with E-state index in [9.17, 15) is 9.59 Å². The van der Waals surface area contributed by atoms with E-state index in [2.05, 4.69) is 10.1 Å². The summed E-state index contributed by atoms with van der Waals surface area (Å²) in [6.45, 7) is 1.57. The Bertz CT molecular complexity index is 402. The van der Waals surface area contributed by atoms with Crippen molar-refractivity contribution in [3.63, 3.8) is 0 Å². The van der Waals surface area contributed by atoms with Gasteiger partial charge in [0.15, 0.2) is 0 Å². The molecule has 0 aliphatic rings. The monoisotopic (exact) mass is 222 g/mol. The van der Waals surface area contributed by atoms with Crippen molar-refractivity contribution in [3.8, 4) is 0 Å². The number of carbonyl (C=O) groups is 2. The molecule has 0 spiro atoms. The number of rotatable bonds is 3. The molecule has 0 saturated heterocycles. The third-order valence-corrected chi connectivity index (χ3v) is 2.00. The standard InChI is InChI=1S/C11H14N2O3/c1-7(12)10(14)13-9-6-4-3-5-8(9)11(15)16-2/h3-7H,12H2,1-2H3,(H,13,14)/t7-/m0/s1. The number of amides is 1. The average molecular weight is 222 g/mol. The number of nitrogens with two attached hydrogens (primary N) is 1. The summed E-state index contributed by atoms with van der Waals surface area (Å²) in [5, 5.41) is 2.56. The zero-order chi connectivity index (χ0) is 12.1. The molecule has 1 rings (SSSR count). The molecular weight excluding hydrogens is 208 g/mol. The van der Waals surface area contributed by atoms with Gasteiger partial charge in [0, 0.05) is 0 Å². The van der Waals surface area contributed by atoms with Crippen molar-refractivity contribution in [2.45, 2.75) is 13.0 Å². The van der Waals surface area contributed by atoms with E-state index in [-0.39, 0.29) is 5.91 Å². The van der Waals surface area contributed by atoms with Crippen LogP contribution in [0.1, 0.15) is 17.3 Å². The van der Waals surface area contributed by atoms with Gasteiger partial charge in [-0.2, -0.15) is 0 Å². The fraction of sp³-hybridized carbons (Fsp3) is 0.273. The minimum absolute atomic E-state index is 0.305. The van der Waals surface area contributed by atoms with Gasteiger partial charge in [-0.15, -0.1) is 0 Å². The molecule has 5 nitrogen and oxygen atoms in total. The highest BCUT2D eigenvalue weighted by Crippen LogP contribution is 2.15. The second kappa shape index (κ2) is 5.27. The predicted octanol–water partition coefficient (Wildman–Crippen LogP) is 0.759. The molecule has 0 unspecified atom stereocenters. The van der Waals surface area contributed by atoms with Crippen molar-refractivity contribution >= 4 is 17.6 Å². The highest BCUT2D eigenvalue weighted by Gasteiger charge is 2.14. The lowest BCUT2D eigenvalue weighted by Crippen LogP contribution is -2.33. The second-order valence-electron chi connectivity index (χ2n) is 3.32. The molecule has 86 valence electrons. The van der Waals surface area contributed by atoms with Crippen LogP contribution >= 0.6 is 0 Å². The first kappa shape index (κ1) is 12.2. The summed E-state index contributed by atoms with van der Waals surface area (Å²) < 4.78 is 4.60. The Kier molecular flexibility index (Phi) is 4.02. The zero-order valence-corrected chi connectivity index (χ0v) is 9.19. The summed E-state index contributed by atoms with van der Waals surface area (Å²) in [5.41, 5.74) is 6.12. The normalized spacial score (nSPS) is 11.7. The topological polar surface area (TPSA) is 81.4 Å². The molecule has 5 heteroatoms. The smallest absolute Gasteiger partial charge is 0.339 e. The SMILES string of the molecule is COC(=O)c1ccccc1NC(=O)[C@H](C)N. The highest BCUT2D eigenvalue weighted by atomic mass is 16.5. The Morgan fingerprint density at radius 2 is 2.00 bits per heavy atom. The van der Waals surface area contributed by atoms with Crippen molar-refractivity contribution in [2.75, 3.05) is 12.4 Å². The van der Waals surface area contributed by atoms with Crippen molar-refractivity contribution < 1.29 is 14.3 Å². The molecule has 0 fully saturated rings. The van der Waals surface area contributed by atoms with E-state index in [1.807, 2.05) is 0 Å². The number of hydrogen-bond donors (Lipinski definition) is 2. The Morgan fingerprint density at radius 3 is 2.56 bits per heavy atom. The van der Waals surface area contributed by atoms with Crippen LogP contribution in [0.25, 0.3) is 0 Å². The molecule has 0 saturated carbocycles. The van der Waals surface area contributed by atoms with Crippen molar-refractivity contribution in [1.29, 1.82) is 0 Å². The van der Waals surface area contributed by atoms with Crippen LogP contribution in [-0.2, 0) is 9.53 Å². The number of esters is 1. The summed E-state index contributed by atoms with van der Waals surface area (Å²) in [6.07, 6.45) is 0. The van der Waals surface area contributed by atoms with Crippen LogP contribution in [0.5, 0.6) is 0 Å². The number of carbonyl (C=O) groups excluding carboxylic acids is 2. The van der Waals surface area contributed by atoms with Crippen molar-refractivity contribution in [3.05, 3.63) is 29.8 Å². The van der Waals surface area contributed by atoms with Gasteiger partial charge in [0.25, 0.3) is 0 Å². The molecule has 0 aliphatic heterocycles. The summed E-state index contributed by atoms with van der Waals surface area (Å²) in [5.74, 6) is -0.850. The van der Waals surface area contributed by atoms with Crippen LogP contribution in [0.4, 0.5) is 5.69 Å². The lowest BCUT2D eigenvalue weighted by atomic mass is 10.1. The largest absolute Gasteiger partial charge is 0.465 e. The van der Waals surface area contributed by atoms with E-state index in [1.165, 1.54) is 7.11 Å². The number of hydrogen-bond acceptors (Lipinski definition) is 4. The molecule has 1 amide bonds. The molecule has 0 heterocycles. The van der Waals surface area contributed by atoms with Gasteiger partial charge in [0.2, 0.25) is 5.91 Å². The number of anilines is 1. The molecule has 1 aromatic carbocycles. The fourth-order valence-corrected chi connectivity index (χ4v) is 1.13. The summed E-state index contributed by atoms with van der Waals surface area (Å²) in [6, 6.07) is 5.96. The molecule has 0 radical (unpaired) electrons. The average Bonchev–Trinajstić information content (AvgIpc) is 2.28. The van der Waals surface area contributed by atoms with E-state index in [0.29, 0.717) is 11.3 Å². The van der Waals surface area contributed by atoms with Crippen LogP contribution in [0.3, 0.4) is 0 Å². The van der Waals surface area contributed by atoms with Gasteiger partial charge in [0.1, 0.15) is 0 Å². The van der Waals surface area contributed by atoms with Gasteiger partial charge in [-0.05, 0) is 19.1 Å². The van der Waals surface area contributed by atoms with E-state index < -0.39 is 12.0 Å². The van der Waals surface area contributed by atoms with Crippen molar-refractivity contribution in [1.82, 2.24) is 0 Å². The minimum Gasteiger partial charge on any atom is -0.465 e. The molecule has 0 aliphatic carbocycles. The minimum atomic E-state index is -0.634. The van der Waals surface area contributed by atoms with E-state index in [1.54, 1.807) is 31.2 Å². The maximum atomic E-state index is 11.4. The van der Waals surface area contributed by atoms with E-state index in [0.717, 1.165) is 0 Å². The Labute approximate surface area is 93.6 Å². The quantitative estimate of drug-likeness (QED) is 0.740. The van der Waals surface area contributed by atoms with Crippen molar-refractivity contribution in [2.24, 2.45) is 5.73 Å². The highest BCUT2D eigenvalue weighted by molar-refractivity contribution is 6.02.